The standard InChI is InChI=1S/C17H25NO4S/c1-14(2)12-22-17(19)18-10-8-16(9-11-18)23(20,21)13-15-6-4-3-5-7-15/h3-7,14,16H,8-13H2,1-2H3. The summed E-state index contributed by atoms with van der Waals surface area (Å²) in [6.45, 7) is 5.24. The third-order valence-corrected chi connectivity index (χ3v) is 6.18. The molecular formula is C17H25NO4S. The molecule has 1 aliphatic heterocycles. The summed E-state index contributed by atoms with van der Waals surface area (Å²) >= 11 is 0. The molecular weight excluding hydrogens is 314 g/mol. The minimum atomic E-state index is -3.19. The van der Waals surface area contributed by atoms with Crippen molar-refractivity contribution < 1.29 is 17.9 Å². The third kappa shape index (κ3) is 5.23. The Morgan fingerprint density at radius 2 is 1.83 bits per heavy atom. The number of hydrogen-bond donors (Lipinski definition) is 0. The molecule has 5 nitrogen and oxygen atoms in total. The van der Waals surface area contributed by atoms with Crippen LogP contribution in [0.4, 0.5) is 4.79 Å². The first kappa shape index (κ1) is 17.8. The van der Waals surface area contributed by atoms with E-state index < -0.39 is 9.84 Å². The van der Waals surface area contributed by atoms with Gasteiger partial charge in [-0.25, -0.2) is 13.2 Å². The SMILES string of the molecule is CC(C)COC(=O)N1CCC(S(=O)(=O)Cc2ccccc2)CC1. The van der Waals surface area contributed by atoms with E-state index in [-0.39, 0.29) is 17.1 Å². The quantitative estimate of drug-likeness (QED) is 0.827. The number of likely N-dealkylation sites (tertiary alicyclic amines) is 1. The molecule has 0 spiro atoms. The van der Waals surface area contributed by atoms with Crippen LogP contribution in [-0.2, 0) is 20.3 Å². The molecule has 2 rings (SSSR count). The fourth-order valence-corrected chi connectivity index (χ4v) is 4.47. The van der Waals surface area contributed by atoms with E-state index in [2.05, 4.69) is 0 Å². The molecule has 0 aliphatic carbocycles. The molecule has 128 valence electrons. The van der Waals surface area contributed by atoms with Gasteiger partial charge in [-0.2, -0.15) is 0 Å². The highest BCUT2D eigenvalue weighted by atomic mass is 32.2. The van der Waals surface area contributed by atoms with Crippen molar-refractivity contribution in [3.05, 3.63) is 35.9 Å². The van der Waals surface area contributed by atoms with Crippen LogP contribution in [0.3, 0.4) is 0 Å². The van der Waals surface area contributed by atoms with Gasteiger partial charge in [0.2, 0.25) is 0 Å². The summed E-state index contributed by atoms with van der Waals surface area (Å²) in [7, 11) is -3.19. The summed E-state index contributed by atoms with van der Waals surface area (Å²) in [6, 6.07) is 9.22. The van der Waals surface area contributed by atoms with Crippen molar-refractivity contribution >= 4 is 15.9 Å². The number of rotatable bonds is 5. The van der Waals surface area contributed by atoms with Crippen LogP contribution in [0.25, 0.3) is 0 Å². The Morgan fingerprint density at radius 3 is 2.39 bits per heavy atom. The van der Waals surface area contributed by atoms with Gasteiger partial charge in [0.05, 0.1) is 17.6 Å². The Bertz CT molecular complexity index is 605. The molecule has 1 heterocycles. The molecule has 1 saturated heterocycles. The maximum atomic E-state index is 12.5. The summed E-state index contributed by atoms with van der Waals surface area (Å²) in [5.41, 5.74) is 0.811. The van der Waals surface area contributed by atoms with Crippen LogP contribution >= 0.6 is 0 Å². The maximum Gasteiger partial charge on any atom is 0.409 e. The van der Waals surface area contributed by atoms with Gasteiger partial charge in [0, 0.05) is 13.1 Å². The topological polar surface area (TPSA) is 63.7 Å². The van der Waals surface area contributed by atoms with E-state index in [9.17, 15) is 13.2 Å². The number of sulfone groups is 1. The van der Waals surface area contributed by atoms with Crippen molar-refractivity contribution in [2.24, 2.45) is 5.92 Å². The van der Waals surface area contributed by atoms with Gasteiger partial charge in [-0.1, -0.05) is 44.2 Å². The predicted octanol–water partition coefficient (Wildman–Crippen LogP) is 2.86. The summed E-state index contributed by atoms with van der Waals surface area (Å²) < 4.78 is 30.2. The van der Waals surface area contributed by atoms with Crippen LogP contribution in [0, 0.1) is 5.92 Å². The second kappa shape index (κ2) is 7.81. The average Bonchev–Trinajstić information content (AvgIpc) is 2.53. The fraction of sp³-hybridized carbons (Fsp3) is 0.588. The Hall–Kier alpha value is -1.56. The lowest BCUT2D eigenvalue weighted by atomic mass is 10.1. The summed E-state index contributed by atoms with van der Waals surface area (Å²) in [6.07, 6.45) is 0.621. The molecule has 1 aromatic rings. The van der Waals surface area contributed by atoms with E-state index in [0.717, 1.165) is 5.56 Å². The van der Waals surface area contributed by atoms with E-state index in [4.69, 9.17) is 4.74 Å². The molecule has 1 aromatic carbocycles. The van der Waals surface area contributed by atoms with Crippen molar-refractivity contribution in [2.45, 2.75) is 37.7 Å². The highest BCUT2D eigenvalue weighted by Crippen LogP contribution is 2.22. The molecule has 0 saturated carbocycles. The number of hydrogen-bond acceptors (Lipinski definition) is 4. The van der Waals surface area contributed by atoms with Crippen LogP contribution in [0.15, 0.2) is 30.3 Å². The van der Waals surface area contributed by atoms with Crippen LogP contribution < -0.4 is 0 Å². The van der Waals surface area contributed by atoms with E-state index in [1.807, 2.05) is 44.2 Å². The largest absolute Gasteiger partial charge is 0.449 e. The molecule has 0 aromatic heterocycles. The molecule has 0 bridgehead atoms. The number of nitrogens with zero attached hydrogens (tertiary/aromatic N) is 1. The lowest BCUT2D eigenvalue weighted by molar-refractivity contribution is 0.0859. The molecule has 0 radical (unpaired) electrons. The monoisotopic (exact) mass is 339 g/mol. The van der Waals surface area contributed by atoms with Crippen molar-refractivity contribution in [1.82, 2.24) is 4.90 Å². The van der Waals surface area contributed by atoms with Gasteiger partial charge in [0.25, 0.3) is 0 Å². The molecule has 23 heavy (non-hydrogen) atoms. The zero-order chi connectivity index (χ0) is 16.9. The zero-order valence-electron chi connectivity index (χ0n) is 13.8. The first-order chi connectivity index (χ1) is 10.9. The Kier molecular flexibility index (Phi) is 6.04. The molecule has 1 aliphatic rings. The van der Waals surface area contributed by atoms with Crippen LogP contribution in [0.1, 0.15) is 32.3 Å². The minimum Gasteiger partial charge on any atom is -0.449 e. The lowest BCUT2D eigenvalue weighted by Crippen LogP contribution is -2.43. The van der Waals surface area contributed by atoms with Gasteiger partial charge in [0.1, 0.15) is 0 Å². The zero-order valence-corrected chi connectivity index (χ0v) is 14.6. The first-order valence-electron chi connectivity index (χ1n) is 8.05. The van der Waals surface area contributed by atoms with Gasteiger partial charge in [-0.3, -0.25) is 0 Å². The average molecular weight is 339 g/mol. The number of carbonyl (C=O) groups is 1. The second-order valence-corrected chi connectivity index (χ2v) is 8.73. The van der Waals surface area contributed by atoms with Crippen molar-refractivity contribution in [3.8, 4) is 0 Å². The van der Waals surface area contributed by atoms with Crippen LogP contribution in [0.5, 0.6) is 0 Å². The smallest absolute Gasteiger partial charge is 0.409 e. The van der Waals surface area contributed by atoms with E-state index in [0.29, 0.717) is 38.5 Å². The summed E-state index contributed by atoms with van der Waals surface area (Å²) in [4.78, 5) is 13.5. The molecule has 0 atom stereocenters. The summed E-state index contributed by atoms with van der Waals surface area (Å²) in [5.74, 6) is 0.360. The maximum absolute atomic E-state index is 12.5. The lowest BCUT2D eigenvalue weighted by Gasteiger charge is -2.31. The van der Waals surface area contributed by atoms with Crippen LogP contribution in [-0.4, -0.2) is 44.4 Å². The van der Waals surface area contributed by atoms with Gasteiger partial charge in [-0.15, -0.1) is 0 Å². The highest BCUT2D eigenvalue weighted by Gasteiger charge is 2.32. The number of benzene rings is 1. The summed E-state index contributed by atoms with van der Waals surface area (Å²) in [5, 5.41) is -0.378. The van der Waals surface area contributed by atoms with E-state index in [1.54, 1.807) is 4.90 Å². The predicted molar refractivity (Wildman–Crippen MR) is 89.8 cm³/mol. The first-order valence-corrected chi connectivity index (χ1v) is 9.77. The second-order valence-electron chi connectivity index (χ2n) is 6.45. The van der Waals surface area contributed by atoms with Crippen LogP contribution in [0.2, 0.25) is 0 Å². The molecule has 1 amide bonds. The Balaban J connectivity index is 1.87. The number of carbonyl (C=O) groups excluding carboxylic acids is 1. The van der Waals surface area contributed by atoms with E-state index in [1.165, 1.54) is 0 Å². The van der Waals surface area contributed by atoms with Crippen molar-refractivity contribution in [3.63, 3.8) is 0 Å². The Morgan fingerprint density at radius 1 is 1.22 bits per heavy atom. The molecule has 6 heteroatoms. The molecule has 0 unspecified atom stereocenters. The number of ether oxygens (including phenoxy) is 1. The van der Waals surface area contributed by atoms with Gasteiger partial charge >= 0.3 is 6.09 Å². The molecule has 0 N–H and O–H groups in total. The van der Waals surface area contributed by atoms with Gasteiger partial charge < -0.3 is 9.64 Å². The minimum absolute atomic E-state index is 0.0658. The van der Waals surface area contributed by atoms with Gasteiger partial charge in [-0.05, 0) is 24.3 Å². The molecule has 1 fully saturated rings. The Labute approximate surface area is 138 Å². The number of amides is 1. The highest BCUT2D eigenvalue weighted by molar-refractivity contribution is 7.91. The van der Waals surface area contributed by atoms with Crippen molar-refractivity contribution in [1.29, 1.82) is 0 Å². The van der Waals surface area contributed by atoms with Crippen molar-refractivity contribution in [2.75, 3.05) is 19.7 Å². The third-order valence-electron chi connectivity index (χ3n) is 3.96. The fourth-order valence-electron chi connectivity index (χ4n) is 2.65. The van der Waals surface area contributed by atoms with E-state index >= 15 is 0 Å². The van der Waals surface area contributed by atoms with Gasteiger partial charge in [0.15, 0.2) is 9.84 Å². The normalized spacial score (nSPS) is 16.6. The number of piperidine rings is 1.